The first-order chi connectivity index (χ1) is 11.5. The van der Waals surface area contributed by atoms with Crippen LogP contribution in [0.2, 0.25) is 0 Å². The maximum Gasteiger partial charge on any atom is 0.257 e. The van der Waals surface area contributed by atoms with Gasteiger partial charge in [-0.1, -0.05) is 29.1 Å². The molecule has 0 fully saturated rings. The lowest BCUT2D eigenvalue weighted by Crippen LogP contribution is -2.24. The maximum absolute atomic E-state index is 12.0. The highest BCUT2D eigenvalue weighted by Crippen LogP contribution is 2.16. The van der Waals surface area contributed by atoms with Crippen molar-refractivity contribution in [2.24, 2.45) is 5.73 Å². The summed E-state index contributed by atoms with van der Waals surface area (Å²) in [5, 5.41) is 6.37. The molecule has 7 nitrogen and oxygen atoms in total. The third kappa shape index (κ3) is 4.14. The summed E-state index contributed by atoms with van der Waals surface area (Å²) in [6, 6.07) is 6.65. The van der Waals surface area contributed by atoms with Crippen molar-refractivity contribution in [3.05, 3.63) is 46.8 Å². The minimum absolute atomic E-state index is 0.0749. The molecule has 0 unspecified atom stereocenters. The first kappa shape index (κ1) is 17.1. The Balaban J connectivity index is 1.83. The molecule has 0 bridgehead atoms. The van der Waals surface area contributed by atoms with Crippen molar-refractivity contribution in [3.8, 4) is 17.6 Å². The van der Waals surface area contributed by atoms with Crippen molar-refractivity contribution in [1.29, 1.82) is 0 Å². The fraction of sp³-hybridized carbons (Fsp3) is 0.235. The average Bonchev–Trinajstić information content (AvgIpc) is 2.89. The number of carbonyl (C=O) groups is 2. The number of carbonyl (C=O) groups excluding carboxylic acids is 2. The van der Waals surface area contributed by atoms with Crippen molar-refractivity contribution in [3.63, 3.8) is 0 Å². The Labute approximate surface area is 139 Å². The summed E-state index contributed by atoms with van der Waals surface area (Å²) in [6.07, 6.45) is 0. The second-order valence-corrected chi connectivity index (χ2v) is 4.88. The third-order valence-corrected chi connectivity index (χ3v) is 3.18. The molecule has 0 aliphatic heterocycles. The molecule has 7 heteroatoms. The number of amides is 2. The topological polar surface area (TPSA) is 107 Å². The van der Waals surface area contributed by atoms with Gasteiger partial charge in [-0.05, 0) is 26.0 Å². The zero-order chi connectivity index (χ0) is 17.5. The monoisotopic (exact) mass is 327 g/mol. The molecule has 0 saturated heterocycles. The molecule has 0 atom stereocenters. The molecular formula is C17H17N3O4. The number of benzene rings is 1. The number of hydrogen-bond acceptors (Lipinski definition) is 5. The van der Waals surface area contributed by atoms with E-state index in [1.54, 1.807) is 38.1 Å². The van der Waals surface area contributed by atoms with Gasteiger partial charge in [0.15, 0.2) is 0 Å². The van der Waals surface area contributed by atoms with Crippen LogP contribution in [0.15, 0.2) is 28.8 Å². The number of ether oxygens (including phenoxy) is 1. The predicted octanol–water partition coefficient (Wildman–Crippen LogP) is 1.20. The van der Waals surface area contributed by atoms with Crippen molar-refractivity contribution >= 4 is 11.8 Å². The van der Waals surface area contributed by atoms with Crippen LogP contribution in [0.5, 0.6) is 5.75 Å². The smallest absolute Gasteiger partial charge is 0.257 e. The van der Waals surface area contributed by atoms with E-state index in [1.165, 1.54) is 0 Å². The minimum atomic E-state index is -0.565. The molecule has 0 spiro atoms. The Morgan fingerprint density at radius 2 is 2.04 bits per heavy atom. The standard InChI is InChI=1S/C17H17N3O4/c1-11-15(12(2)24-20-11)17(22)19-9-5-6-10-23-14-8-4-3-7-13(14)16(18)21/h3-4,7-8H,9-10H2,1-2H3,(H2,18,21)(H,19,22). The zero-order valence-corrected chi connectivity index (χ0v) is 13.4. The van der Waals surface area contributed by atoms with E-state index in [2.05, 4.69) is 22.3 Å². The van der Waals surface area contributed by atoms with Crippen LogP contribution in [0, 0.1) is 25.7 Å². The number of primary amides is 1. The quantitative estimate of drug-likeness (QED) is 0.802. The van der Waals surface area contributed by atoms with E-state index in [4.69, 9.17) is 15.0 Å². The Morgan fingerprint density at radius 1 is 1.29 bits per heavy atom. The lowest BCUT2D eigenvalue weighted by atomic mass is 10.2. The normalized spacial score (nSPS) is 9.75. The number of hydrogen-bond donors (Lipinski definition) is 2. The van der Waals surface area contributed by atoms with Gasteiger partial charge in [-0.3, -0.25) is 9.59 Å². The molecule has 3 N–H and O–H groups in total. The summed E-state index contributed by atoms with van der Waals surface area (Å²) in [6.45, 7) is 3.60. The lowest BCUT2D eigenvalue weighted by molar-refractivity contribution is 0.0954. The van der Waals surface area contributed by atoms with Gasteiger partial charge in [0.25, 0.3) is 11.8 Å². The minimum Gasteiger partial charge on any atom is -0.480 e. The van der Waals surface area contributed by atoms with Gasteiger partial charge in [-0.25, -0.2) is 0 Å². The number of nitrogens with one attached hydrogen (secondary N) is 1. The van der Waals surface area contributed by atoms with Crippen LogP contribution in [0.3, 0.4) is 0 Å². The molecule has 1 aromatic carbocycles. The predicted molar refractivity (Wildman–Crippen MR) is 86.5 cm³/mol. The molecule has 1 aromatic heterocycles. The Bertz CT molecular complexity index is 795. The van der Waals surface area contributed by atoms with E-state index in [0.29, 0.717) is 28.3 Å². The number of rotatable bonds is 5. The number of aryl methyl sites for hydroxylation is 2. The largest absolute Gasteiger partial charge is 0.480 e. The Hall–Kier alpha value is -3.27. The molecule has 2 amide bonds. The van der Waals surface area contributed by atoms with Crippen molar-refractivity contribution in [2.75, 3.05) is 13.2 Å². The highest BCUT2D eigenvalue weighted by atomic mass is 16.5. The number of nitrogens with two attached hydrogens (primary N) is 1. The third-order valence-electron chi connectivity index (χ3n) is 3.18. The molecule has 1 heterocycles. The van der Waals surface area contributed by atoms with Crippen molar-refractivity contribution < 1.29 is 18.8 Å². The number of para-hydroxylation sites is 1. The lowest BCUT2D eigenvalue weighted by Gasteiger charge is -2.05. The van der Waals surface area contributed by atoms with Gasteiger partial charge in [-0.15, -0.1) is 0 Å². The maximum atomic E-state index is 12.0. The molecule has 0 radical (unpaired) electrons. The van der Waals surface area contributed by atoms with Crippen LogP contribution in [0.25, 0.3) is 0 Å². The number of nitrogens with zero attached hydrogens (tertiary/aromatic N) is 1. The molecule has 0 aliphatic carbocycles. The Kier molecular flexibility index (Phi) is 5.58. The molecule has 124 valence electrons. The molecule has 24 heavy (non-hydrogen) atoms. The van der Waals surface area contributed by atoms with E-state index in [1.807, 2.05) is 0 Å². The van der Waals surface area contributed by atoms with Crippen LogP contribution in [0.4, 0.5) is 0 Å². The highest BCUT2D eigenvalue weighted by molar-refractivity contribution is 5.96. The first-order valence-electron chi connectivity index (χ1n) is 7.19. The molecule has 2 aromatic rings. The van der Waals surface area contributed by atoms with Crippen LogP contribution in [-0.2, 0) is 0 Å². The van der Waals surface area contributed by atoms with Gasteiger partial charge in [0, 0.05) is 0 Å². The van der Waals surface area contributed by atoms with Gasteiger partial charge >= 0.3 is 0 Å². The van der Waals surface area contributed by atoms with Gasteiger partial charge in [0.1, 0.15) is 23.7 Å². The van der Waals surface area contributed by atoms with E-state index >= 15 is 0 Å². The van der Waals surface area contributed by atoms with E-state index in [0.717, 1.165) is 0 Å². The van der Waals surface area contributed by atoms with E-state index in [9.17, 15) is 9.59 Å². The fourth-order valence-electron chi connectivity index (χ4n) is 2.04. The molecule has 0 saturated carbocycles. The van der Waals surface area contributed by atoms with Gasteiger partial charge in [0.05, 0.1) is 17.8 Å². The molecular weight excluding hydrogens is 310 g/mol. The first-order valence-corrected chi connectivity index (χ1v) is 7.19. The van der Waals surface area contributed by atoms with Crippen LogP contribution in [0.1, 0.15) is 32.2 Å². The van der Waals surface area contributed by atoms with E-state index in [-0.39, 0.29) is 19.1 Å². The molecule has 0 aliphatic rings. The average molecular weight is 327 g/mol. The van der Waals surface area contributed by atoms with Gasteiger partial charge in [-0.2, -0.15) is 0 Å². The summed E-state index contributed by atoms with van der Waals surface area (Å²) in [4.78, 5) is 23.2. The second kappa shape index (κ2) is 7.83. The molecule has 2 rings (SSSR count). The van der Waals surface area contributed by atoms with Crippen molar-refractivity contribution in [2.45, 2.75) is 13.8 Å². The van der Waals surface area contributed by atoms with Crippen molar-refractivity contribution in [1.82, 2.24) is 10.5 Å². The summed E-state index contributed by atoms with van der Waals surface area (Å²) >= 11 is 0. The summed E-state index contributed by atoms with van der Waals surface area (Å²) < 4.78 is 10.3. The highest BCUT2D eigenvalue weighted by Gasteiger charge is 2.16. The van der Waals surface area contributed by atoms with Crippen LogP contribution in [-0.4, -0.2) is 30.1 Å². The Morgan fingerprint density at radius 3 is 2.71 bits per heavy atom. The number of aromatic nitrogens is 1. The van der Waals surface area contributed by atoms with Crippen LogP contribution >= 0.6 is 0 Å². The SMILES string of the molecule is Cc1noc(C)c1C(=O)NCC#CCOc1ccccc1C(N)=O. The fourth-order valence-corrected chi connectivity index (χ4v) is 2.04. The van der Waals surface area contributed by atoms with Gasteiger partial charge < -0.3 is 20.3 Å². The van der Waals surface area contributed by atoms with Crippen LogP contribution < -0.4 is 15.8 Å². The zero-order valence-electron chi connectivity index (χ0n) is 13.4. The van der Waals surface area contributed by atoms with E-state index < -0.39 is 5.91 Å². The second-order valence-electron chi connectivity index (χ2n) is 4.88. The van der Waals surface area contributed by atoms with Gasteiger partial charge in [0.2, 0.25) is 0 Å². The summed E-state index contributed by atoms with van der Waals surface area (Å²) in [5.41, 5.74) is 6.50. The summed E-state index contributed by atoms with van der Waals surface area (Å²) in [7, 11) is 0. The summed E-state index contributed by atoms with van der Waals surface area (Å²) in [5.74, 6) is 5.49.